The third-order valence-corrected chi connectivity index (χ3v) is 3.13. The predicted octanol–water partition coefficient (Wildman–Crippen LogP) is 2.15. The fourth-order valence-corrected chi connectivity index (χ4v) is 2.17. The number of hydrogen-bond donors (Lipinski definition) is 2. The van der Waals surface area contributed by atoms with Crippen LogP contribution in [0.25, 0.3) is 0 Å². The summed E-state index contributed by atoms with van der Waals surface area (Å²) >= 11 is 0. The lowest BCUT2D eigenvalue weighted by Crippen LogP contribution is -2.33. The molecular weight excluding hydrogens is 251 g/mol. The molecule has 0 radical (unpaired) electrons. The van der Waals surface area contributed by atoms with Gasteiger partial charge in [0.25, 0.3) is 0 Å². The molecular formula is C13H15FN2O3. The number of hydrogen-bond acceptors (Lipinski definition) is 2. The predicted molar refractivity (Wildman–Crippen MR) is 67.4 cm³/mol. The summed E-state index contributed by atoms with van der Waals surface area (Å²) in [5, 5.41) is 11.4. The van der Waals surface area contributed by atoms with Gasteiger partial charge in [-0.15, -0.1) is 0 Å². The van der Waals surface area contributed by atoms with Crippen molar-refractivity contribution in [3.05, 3.63) is 30.1 Å². The van der Waals surface area contributed by atoms with E-state index < -0.39 is 5.97 Å². The lowest BCUT2D eigenvalue weighted by Gasteiger charge is -2.17. The Morgan fingerprint density at radius 1 is 1.37 bits per heavy atom. The molecule has 0 aromatic heterocycles. The summed E-state index contributed by atoms with van der Waals surface area (Å²) in [5.41, 5.74) is 0.521. The summed E-state index contributed by atoms with van der Waals surface area (Å²) in [7, 11) is 0. The van der Waals surface area contributed by atoms with E-state index in [0.717, 1.165) is 0 Å². The standard InChI is InChI=1S/C13H15FN2O3/c14-10-1-3-11(4-2-10)15-13(19)16-6-5-9(8-16)7-12(17)18/h1-4,9H,5-8H2,(H,15,19)(H,17,18). The number of aliphatic carboxylic acids is 1. The van der Waals surface area contributed by atoms with Crippen LogP contribution in [0, 0.1) is 11.7 Å². The average Bonchev–Trinajstić information content (AvgIpc) is 2.80. The SMILES string of the molecule is O=C(O)CC1CCN(C(=O)Nc2ccc(F)cc2)C1. The first-order valence-corrected chi connectivity index (χ1v) is 6.08. The molecule has 2 amide bonds. The van der Waals surface area contributed by atoms with Crippen molar-refractivity contribution in [2.24, 2.45) is 5.92 Å². The van der Waals surface area contributed by atoms with Crippen molar-refractivity contribution in [1.29, 1.82) is 0 Å². The monoisotopic (exact) mass is 266 g/mol. The number of urea groups is 1. The molecule has 19 heavy (non-hydrogen) atoms. The molecule has 1 aliphatic heterocycles. The summed E-state index contributed by atoms with van der Waals surface area (Å²) in [6.07, 6.45) is 0.781. The van der Waals surface area contributed by atoms with E-state index in [2.05, 4.69) is 5.32 Å². The number of carboxylic acid groups (broad SMARTS) is 1. The van der Waals surface area contributed by atoms with Gasteiger partial charge in [-0.25, -0.2) is 9.18 Å². The van der Waals surface area contributed by atoms with Crippen molar-refractivity contribution in [1.82, 2.24) is 4.90 Å². The van der Waals surface area contributed by atoms with Crippen LogP contribution in [0.15, 0.2) is 24.3 Å². The summed E-state index contributed by atoms with van der Waals surface area (Å²) in [5.74, 6) is -1.19. The van der Waals surface area contributed by atoms with Crippen molar-refractivity contribution < 1.29 is 19.1 Å². The van der Waals surface area contributed by atoms with Gasteiger partial charge in [-0.3, -0.25) is 4.79 Å². The second-order valence-electron chi connectivity index (χ2n) is 4.64. The Balaban J connectivity index is 1.87. The highest BCUT2D eigenvalue weighted by atomic mass is 19.1. The second kappa shape index (κ2) is 5.69. The molecule has 1 fully saturated rings. The van der Waals surface area contributed by atoms with E-state index in [4.69, 9.17) is 5.11 Å². The third-order valence-electron chi connectivity index (χ3n) is 3.13. The normalized spacial score (nSPS) is 18.4. The van der Waals surface area contributed by atoms with Gasteiger partial charge < -0.3 is 15.3 Å². The van der Waals surface area contributed by atoms with Gasteiger partial charge in [0.2, 0.25) is 0 Å². The minimum absolute atomic E-state index is 0.0106. The number of nitrogens with zero attached hydrogens (tertiary/aromatic N) is 1. The zero-order chi connectivity index (χ0) is 13.8. The van der Waals surface area contributed by atoms with Crippen molar-refractivity contribution in [2.45, 2.75) is 12.8 Å². The number of halogens is 1. The number of rotatable bonds is 3. The maximum Gasteiger partial charge on any atom is 0.321 e. The molecule has 1 unspecified atom stereocenters. The average molecular weight is 266 g/mol. The zero-order valence-electron chi connectivity index (χ0n) is 10.3. The Bertz CT molecular complexity index is 475. The van der Waals surface area contributed by atoms with Crippen molar-refractivity contribution in [3.63, 3.8) is 0 Å². The van der Waals surface area contributed by atoms with E-state index in [0.29, 0.717) is 25.2 Å². The van der Waals surface area contributed by atoms with Gasteiger partial charge in [0.05, 0.1) is 0 Å². The Morgan fingerprint density at radius 3 is 2.68 bits per heavy atom. The topological polar surface area (TPSA) is 69.6 Å². The molecule has 0 aliphatic carbocycles. The van der Waals surface area contributed by atoms with Gasteiger partial charge in [0.1, 0.15) is 5.82 Å². The van der Waals surface area contributed by atoms with Crippen LogP contribution < -0.4 is 5.32 Å². The van der Waals surface area contributed by atoms with Crippen LogP contribution >= 0.6 is 0 Å². The van der Waals surface area contributed by atoms with Gasteiger partial charge >= 0.3 is 12.0 Å². The number of nitrogens with one attached hydrogen (secondary N) is 1. The molecule has 5 nitrogen and oxygen atoms in total. The number of carbonyl (C=O) groups is 2. The van der Waals surface area contributed by atoms with Gasteiger partial charge in [-0.2, -0.15) is 0 Å². The van der Waals surface area contributed by atoms with Crippen molar-refractivity contribution in [3.8, 4) is 0 Å². The minimum Gasteiger partial charge on any atom is -0.481 e. The summed E-state index contributed by atoms with van der Waals surface area (Å²) in [4.78, 5) is 24.1. The third kappa shape index (κ3) is 3.67. The van der Waals surface area contributed by atoms with Crippen LogP contribution in [-0.2, 0) is 4.79 Å². The number of amides is 2. The van der Waals surface area contributed by atoms with Crippen LogP contribution in [0.1, 0.15) is 12.8 Å². The number of benzene rings is 1. The Morgan fingerprint density at radius 2 is 2.05 bits per heavy atom. The molecule has 1 saturated heterocycles. The van der Waals surface area contributed by atoms with Crippen LogP contribution in [0.5, 0.6) is 0 Å². The van der Waals surface area contributed by atoms with Gasteiger partial charge in [-0.05, 0) is 36.6 Å². The highest BCUT2D eigenvalue weighted by molar-refractivity contribution is 5.89. The minimum atomic E-state index is -0.842. The Kier molecular flexibility index (Phi) is 3.99. The quantitative estimate of drug-likeness (QED) is 0.880. The molecule has 1 aromatic carbocycles. The molecule has 6 heteroatoms. The first-order chi connectivity index (χ1) is 9.04. The molecule has 2 rings (SSSR count). The second-order valence-corrected chi connectivity index (χ2v) is 4.64. The summed E-state index contributed by atoms with van der Waals surface area (Å²) in [6.45, 7) is 0.990. The molecule has 1 heterocycles. The maximum atomic E-state index is 12.7. The van der Waals surface area contributed by atoms with E-state index >= 15 is 0 Å². The van der Waals surface area contributed by atoms with Gasteiger partial charge in [0.15, 0.2) is 0 Å². The highest BCUT2D eigenvalue weighted by Crippen LogP contribution is 2.20. The number of carbonyl (C=O) groups excluding carboxylic acids is 1. The van der Waals surface area contributed by atoms with E-state index in [9.17, 15) is 14.0 Å². The van der Waals surface area contributed by atoms with E-state index in [1.165, 1.54) is 24.3 Å². The molecule has 1 atom stereocenters. The maximum absolute atomic E-state index is 12.7. The zero-order valence-corrected chi connectivity index (χ0v) is 10.3. The highest BCUT2D eigenvalue weighted by Gasteiger charge is 2.27. The van der Waals surface area contributed by atoms with Gasteiger partial charge in [-0.1, -0.05) is 0 Å². The first-order valence-electron chi connectivity index (χ1n) is 6.08. The van der Waals surface area contributed by atoms with Crippen molar-refractivity contribution in [2.75, 3.05) is 18.4 Å². The first kappa shape index (κ1) is 13.3. The van der Waals surface area contributed by atoms with Crippen LogP contribution in [0.4, 0.5) is 14.9 Å². The van der Waals surface area contributed by atoms with Crippen LogP contribution in [-0.4, -0.2) is 35.1 Å². The number of anilines is 1. The molecule has 102 valence electrons. The largest absolute Gasteiger partial charge is 0.481 e. The smallest absolute Gasteiger partial charge is 0.321 e. The van der Waals surface area contributed by atoms with E-state index in [1.807, 2.05) is 0 Å². The lowest BCUT2D eigenvalue weighted by molar-refractivity contribution is -0.138. The molecule has 0 bridgehead atoms. The van der Waals surface area contributed by atoms with E-state index in [-0.39, 0.29) is 24.2 Å². The van der Waals surface area contributed by atoms with Crippen LogP contribution in [0.2, 0.25) is 0 Å². The summed E-state index contributed by atoms with van der Waals surface area (Å²) in [6, 6.07) is 5.23. The van der Waals surface area contributed by atoms with Gasteiger partial charge in [0, 0.05) is 25.2 Å². The molecule has 0 spiro atoms. The molecule has 1 aromatic rings. The fourth-order valence-electron chi connectivity index (χ4n) is 2.17. The number of carboxylic acids is 1. The fraction of sp³-hybridized carbons (Fsp3) is 0.385. The van der Waals surface area contributed by atoms with E-state index in [1.54, 1.807) is 4.90 Å². The molecule has 2 N–H and O–H groups in total. The lowest BCUT2D eigenvalue weighted by atomic mass is 10.1. The Labute approximate surface area is 110 Å². The Hall–Kier alpha value is -2.11. The van der Waals surface area contributed by atoms with Crippen LogP contribution in [0.3, 0.4) is 0 Å². The van der Waals surface area contributed by atoms with Crippen molar-refractivity contribution >= 4 is 17.7 Å². The number of likely N-dealkylation sites (tertiary alicyclic amines) is 1. The molecule has 0 saturated carbocycles. The molecule has 1 aliphatic rings. The summed E-state index contributed by atoms with van der Waals surface area (Å²) < 4.78 is 12.7.